The molecule has 1 amide bonds. The highest BCUT2D eigenvalue weighted by molar-refractivity contribution is 5.92. The van der Waals surface area contributed by atoms with E-state index < -0.39 is 5.91 Å². The number of rotatable bonds is 5. The first kappa shape index (κ1) is 18.4. The standard InChI is InChI=1S/C19H20N5O3/c1-4-21-19(27)18-23-22-17(24(18)12-6-5-7-20-10-12)14-8-13(11(2)3)15(25)9-16(14)26/h5-11,25-26H,1,4H2,2-3H3,(H,21,27). The second-order valence-electron chi connectivity index (χ2n) is 6.23. The molecule has 2 heterocycles. The predicted octanol–water partition coefficient (Wildman–Crippen LogP) is 2.43. The van der Waals surface area contributed by atoms with Crippen LogP contribution >= 0.6 is 0 Å². The van der Waals surface area contributed by atoms with E-state index in [0.717, 1.165) is 0 Å². The minimum absolute atomic E-state index is 0.00582. The smallest absolute Gasteiger partial charge is 0.289 e. The van der Waals surface area contributed by atoms with Gasteiger partial charge in [0.05, 0.1) is 17.4 Å². The first-order valence-corrected chi connectivity index (χ1v) is 8.43. The summed E-state index contributed by atoms with van der Waals surface area (Å²) in [7, 11) is 0. The highest BCUT2D eigenvalue weighted by atomic mass is 16.3. The number of aromatic hydroxyl groups is 2. The van der Waals surface area contributed by atoms with Crippen molar-refractivity contribution in [2.75, 3.05) is 6.54 Å². The van der Waals surface area contributed by atoms with Crippen molar-refractivity contribution in [1.82, 2.24) is 25.1 Å². The largest absolute Gasteiger partial charge is 0.508 e. The molecule has 1 radical (unpaired) electrons. The topological polar surface area (TPSA) is 113 Å². The van der Waals surface area contributed by atoms with Gasteiger partial charge in [-0.1, -0.05) is 13.8 Å². The number of nitrogens with one attached hydrogen (secondary N) is 1. The number of hydrogen-bond acceptors (Lipinski definition) is 6. The zero-order chi connectivity index (χ0) is 19.6. The van der Waals surface area contributed by atoms with Gasteiger partial charge < -0.3 is 15.5 Å². The molecule has 0 aliphatic heterocycles. The Morgan fingerprint density at radius 2 is 2.04 bits per heavy atom. The molecule has 3 rings (SSSR count). The van der Waals surface area contributed by atoms with Crippen molar-refractivity contribution in [3.63, 3.8) is 0 Å². The quantitative estimate of drug-likeness (QED) is 0.639. The lowest BCUT2D eigenvalue weighted by Gasteiger charge is -2.14. The maximum atomic E-state index is 12.4. The monoisotopic (exact) mass is 366 g/mol. The molecule has 0 spiro atoms. The van der Waals surface area contributed by atoms with Crippen LogP contribution in [0, 0.1) is 6.92 Å². The van der Waals surface area contributed by atoms with Gasteiger partial charge in [0.1, 0.15) is 11.5 Å². The fraction of sp³-hybridized carbons (Fsp3) is 0.211. The van der Waals surface area contributed by atoms with Crippen molar-refractivity contribution < 1.29 is 15.0 Å². The highest BCUT2D eigenvalue weighted by Crippen LogP contribution is 2.38. The molecule has 0 unspecified atom stereocenters. The summed E-state index contributed by atoms with van der Waals surface area (Å²) < 4.78 is 1.51. The van der Waals surface area contributed by atoms with Crippen LogP contribution in [0.3, 0.4) is 0 Å². The molecular weight excluding hydrogens is 346 g/mol. The molecule has 27 heavy (non-hydrogen) atoms. The third-order valence-corrected chi connectivity index (χ3v) is 4.06. The van der Waals surface area contributed by atoms with E-state index in [0.29, 0.717) is 16.8 Å². The lowest BCUT2D eigenvalue weighted by molar-refractivity contribution is 0.0945. The molecule has 0 aliphatic rings. The Morgan fingerprint density at radius 1 is 1.26 bits per heavy atom. The minimum atomic E-state index is -0.449. The van der Waals surface area contributed by atoms with Gasteiger partial charge in [-0.25, -0.2) is 0 Å². The van der Waals surface area contributed by atoms with Gasteiger partial charge >= 0.3 is 0 Å². The maximum Gasteiger partial charge on any atom is 0.289 e. The van der Waals surface area contributed by atoms with Gasteiger partial charge in [0.2, 0.25) is 5.82 Å². The summed E-state index contributed by atoms with van der Waals surface area (Å²) in [5.41, 5.74) is 1.55. The summed E-state index contributed by atoms with van der Waals surface area (Å²) >= 11 is 0. The van der Waals surface area contributed by atoms with E-state index in [4.69, 9.17) is 0 Å². The lowest BCUT2D eigenvalue weighted by Crippen LogP contribution is -2.26. The Balaban J connectivity index is 2.26. The van der Waals surface area contributed by atoms with Gasteiger partial charge in [0.25, 0.3) is 5.91 Å². The van der Waals surface area contributed by atoms with Gasteiger partial charge in [-0.05, 0) is 36.6 Å². The Labute approximate surface area is 156 Å². The summed E-state index contributed by atoms with van der Waals surface area (Å²) in [6.07, 6.45) is 3.17. The molecule has 3 aromatic rings. The molecule has 1 aromatic carbocycles. The minimum Gasteiger partial charge on any atom is -0.508 e. The molecule has 3 N–H and O–H groups in total. The first-order valence-electron chi connectivity index (χ1n) is 8.43. The second kappa shape index (κ2) is 7.45. The van der Waals surface area contributed by atoms with Gasteiger partial charge in [0.15, 0.2) is 5.82 Å². The molecule has 0 aliphatic carbocycles. The van der Waals surface area contributed by atoms with E-state index in [1.165, 1.54) is 10.6 Å². The first-order chi connectivity index (χ1) is 12.9. The van der Waals surface area contributed by atoms with Crippen LogP contribution in [-0.2, 0) is 0 Å². The fourth-order valence-corrected chi connectivity index (χ4v) is 2.76. The number of benzene rings is 1. The van der Waals surface area contributed by atoms with E-state index >= 15 is 0 Å². The molecule has 0 saturated carbocycles. The Morgan fingerprint density at radius 3 is 2.67 bits per heavy atom. The van der Waals surface area contributed by atoms with Gasteiger partial charge in [-0.2, -0.15) is 0 Å². The van der Waals surface area contributed by atoms with Crippen LogP contribution in [0.4, 0.5) is 0 Å². The Kier molecular flexibility index (Phi) is 5.07. The Hall–Kier alpha value is -3.42. The number of hydrogen-bond donors (Lipinski definition) is 3. The number of pyridine rings is 1. The van der Waals surface area contributed by atoms with Crippen molar-refractivity contribution in [3.8, 4) is 28.6 Å². The number of carbonyl (C=O) groups is 1. The van der Waals surface area contributed by atoms with Crippen LogP contribution in [0.1, 0.15) is 35.9 Å². The van der Waals surface area contributed by atoms with Crippen LogP contribution in [0.2, 0.25) is 0 Å². The van der Waals surface area contributed by atoms with Crippen molar-refractivity contribution >= 4 is 5.91 Å². The van der Waals surface area contributed by atoms with Crippen molar-refractivity contribution in [2.45, 2.75) is 19.8 Å². The molecule has 0 fully saturated rings. The average Bonchev–Trinajstić information content (AvgIpc) is 3.07. The maximum absolute atomic E-state index is 12.4. The van der Waals surface area contributed by atoms with Crippen molar-refractivity contribution in [3.05, 3.63) is 55.0 Å². The molecule has 8 heteroatoms. The van der Waals surface area contributed by atoms with E-state index in [-0.39, 0.29) is 35.6 Å². The van der Waals surface area contributed by atoms with E-state index in [1.807, 2.05) is 13.8 Å². The number of phenolic OH excluding ortho intramolecular Hbond substituents is 2. The molecule has 0 atom stereocenters. The van der Waals surface area contributed by atoms with Crippen molar-refractivity contribution in [2.24, 2.45) is 0 Å². The molecular formula is C19H20N5O3. The van der Waals surface area contributed by atoms with E-state index in [1.54, 1.807) is 30.6 Å². The normalized spacial score (nSPS) is 11.0. The summed E-state index contributed by atoms with van der Waals surface area (Å²) in [5.74, 6) is -0.299. The Bertz CT molecular complexity index is 967. The number of carbonyl (C=O) groups excluding carboxylic acids is 1. The molecule has 8 nitrogen and oxygen atoms in total. The number of nitrogens with zero attached hydrogens (tertiary/aromatic N) is 4. The third kappa shape index (κ3) is 3.46. The van der Waals surface area contributed by atoms with Crippen LogP contribution < -0.4 is 5.32 Å². The van der Waals surface area contributed by atoms with Crippen LogP contribution in [0.5, 0.6) is 11.5 Å². The van der Waals surface area contributed by atoms with Gasteiger partial charge in [0, 0.05) is 18.8 Å². The average molecular weight is 366 g/mol. The van der Waals surface area contributed by atoms with Gasteiger partial charge in [-0.15, -0.1) is 10.2 Å². The summed E-state index contributed by atoms with van der Waals surface area (Å²) in [4.78, 5) is 16.5. The predicted molar refractivity (Wildman–Crippen MR) is 99.7 cm³/mol. The second-order valence-corrected chi connectivity index (χ2v) is 6.23. The number of aromatic nitrogens is 4. The van der Waals surface area contributed by atoms with Crippen LogP contribution in [-0.4, -0.2) is 42.4 Å². The fourth-order valence-electron chi connectivity index (χ4n) is 2.76. The van der Waals surface area contributed by atoms with Crippen LogP contribution in [0.25, 0.3) is 17.1 Å². The number of amides is 1. The van der Waals surface area contributed by atoms with Crippen LogP contribution in [0.15, 0.2) is 36.7 Å². The summed E-state index contributed by atoms with van der Waals surface area (Å²) in [5, 5.41) is 31.2. The molecule has 0 saturated heterocycles. The molecule has 139 valence electrons. The van der Waals surface area contributed by atoms with E-state index in [9.17, 15) is 15.0 Å². The summed E-state index contributed by atoms with van der Waals surface area (Å²) in [6, 6.07) is 6.39. The third-order valence-electron chi connectivity index (χ3n) is 4.06. The summed E-state index contributed by atoms with van der Waals surface area (Å²) in [6.45, 7) is 7.65. The van der Waals surface area contributed by atoms with Crippen molar-refractivity contribution in [1.29, 1.82) is 0 Å². The SMILES string of the molecule is [CH2]CNC(=O)c1nnc(-c2cc(C(C)C)c(O)cc2O)n1-c1cccnc1. The number of phenols is 2. The van der Waals surface area contributed by atoms with E-state index in [2.05, 4.69) is 27.4 Å². The zero-order valence-corrected chi connectivity index (χ0v) is 15.0. The molecule has 2 aromatic heterocycles. The zero-order valence-electron chi connectivity index (χ0n) is 15.0. The molecule has 0 bridgehead atoms. The lowest BCUT2D eigenvalue weighted by atomic mass is 9.98. The highest BCUT2D eigenvalue weighted by Gasteiger charge is 2.24. The van der Waals surface area contributed by atoms with Gasteiger partial charge in [-0.3, -0.25) is 14.3 Å².